The molecule has 4 rings (SSSR count). The number of aromatic nitrogens is 4. The lowest BCUT2D eigenvalue weighted by Gasteiger charge is -2.19. The van der Waals surface area contributed by atoms with E-state index in [1.165, 1.54) is 34.4 Å². The van der Waals surface area contributed by atoms with Crippen LogP contribution in [-0.4, -0.2) is 37.3 Å². The van der Waals surface area contributed by atoms with E-state index in [4.69, 9.17) is 0 Å². The lowest BCUT2D eigenvalue weighted by Crippen LogP contribution is -2.31. The highest BCUT2D eigenvalue weighted by Crippen LogP contribution is 2.27. The summed E-state index contributed by atoms with van der Waals surface area (Å²) in [4.78, 5) is 30.2. The molecule has 2 N–H and O–H groups in total. The summed E-state index contributed by atoms with van der Waals surface area (Å²) in [5.74, 6) is 0.920. The van der Waals surface area contributed by atoms with E-state index in [0.29, 0.717) is 26.9 Å². The first-order valence-corrected chi connectivity index (χ1v) is 13.1. The number of hydrogen-bond acceptors (Lipinski definition) is 8. The molecule has 3 heterocycles. The fraction of sp³-hybridized carbons (Fsp3) is 0.318. The maximum Gasteiger partial charge on any atom is 0.261 e. The Hall–Kier alpha value is -2.76. The van der Waals surface area contributed by atoms with E-state index >= 15 is 0 Å². The van der Waals surface area contributed by atoms with Crippen molar-refractivity contribution in [2.45, 2.75) is 31.5 Å². The van der Waals surface area contributed by atoms with Gasteiger partial charge >= 0.3 is 0 Å². The van der Waals surface area contributed by atoms with Crippen LogP contribution in [-0.2, 0) is 11.8 Å². The van der Waals surface area contributed by atoms with Crippen molar-refractivity contribution in [1.82, 2.24) is 25.1 Å². The van der Waals surface area contributed by atoms with Crippen LogP contribution in [0.5, 0.6) is 0 Å². The number of hydrogen-bond donors (Lipinski definition) is 2. The van der Waals surface area contributed by atoms with Crippen molar-refractivity contribution in [3.05, 3.63) is 52.5 Å². The van der Waals surface area contributed by atoms with E-state index in [0.717, 1.165) is 16.6 Å². The lowest BCUT2D eigenvalue weighted by atomic mass is 10.0. The third kappa shape index (κ3) is 5.79. The highest BCUT2D eigenvalue weighted by atomic mass is 32.2. The molecule has 0 fully saturated rings. The summed E-state index contributed by atoms with van der Waals surface area (Å²) in [7, 11) is 1.85. The minimum absolute atomic E-state index is 0.122. The van der Waals surface area contributed by atoms with Gasteiger partial charge in [0.1, 0.15) is 0 Å². The van der Waals surface area contributed by atoms with Crippen molar-refractivity contribution >= 4 is 61.6 Å². The van der Waals surface area contributed by atoms with Gasteiger partial charge in [0, 0.05) is 7.05 Å². The SMILES string of the molecule is CC(C)C[C@@H](NC(=O)c1cccs1)c1nnc(SCC(=O)Nc2nc3ccccc3s2)n1C. The van der Waals surface area contributed by atoms with Crippen molar-refractivity contribution in [2.75, 3.05) is 11.1 Å². The molecule has 1 atom stereocenters. The van der Waals surface area contributed by atoms with Crippen LogP contribution in [0.3, 0.4) is 0 Å². The topological polar surface area (TPSA) is 102 Å². The van der Waals surface area contributed by atoms with E-state index in [1.54, 1.807) is 6.07 Å². The maximum absolute atomic E-state index is 12.6. The van der Waals surface area contributed by atoms with Gasteiger partial charge < -0.3 is 15.2 Å². The predicted molar refractivity (Wildman–Crippen MR) is 134 cm³/mol. The molecule has 0 aliphatic heterocycles. The second kappa shape index (κ2) is 10.4. The number of nitrogens with zero attached hydrogens (tertiary/aromatic N) is 4. The average Bonchev–Trinajstić information content (AvgIpc) is 3.51. The number of benzene rings is 1. The number of thiazole rings is 1. The van der Waals surface area contributed by atoms with E-state index in [9.17, 15) is 9.59 Å². The van der Waals surface area contributed by atoms with Crippen molar-refractivity contribution in [2.24, 2.45) is 13.0 Å². The summed E-state index contributed by atoms with van der Waals surface area (Å²) in [5, 5.41) is 17.6. The van der Waals surface area contributed by atoms with Crippen molar-refractivity contribution in [3.63, 3.8) is 0 Å². The van der Waals surface area contributed by atoms with Gasteiger partial charge in [-0.2, -0.15) is 0 Å². The standard InChI is InChI=1S/C22H24N6O2S3/c1-13(2)11-15(23-20(30)17-9-6-10-31-17)19-26-27-22(28(19)3)32-12-18(29)25-21-24-14-7-4-5-8-16(14)33-21/h4-10,13,15H,11-12H2,1-3H3,(H,23,30)(H,24,25,29)/t15-/m1/s1. The summed E-state index contributed by atoms with van der Waals surface area (Å²) in [5.41, 5.74) is 0.865. The van der Waals surface area contributed by atoms with Crippen LogP contribution in [0.4, 0.5) is 5.13 Å². The molecular formula is C22H24N6O2S3. The molecule has 0 saturated heterocycles. The molecule has 2 amide bonds. The van der Waals surface area contributed by atoms with Gasteiger partial charge in [-0.1, -0.05) is 55.1 Å². The molecule has 8 nitrogen and oxygen atoms in total. The molecular weight excluding hydrogens is 476 g/mol. The molecule has 0 aliphatic rings. The van der Waals surface area contributed by atoms with Crippen molar-refractivity contribution in [1.29, 1.82) is 0 Å². The number of carbonyl (C=O) groups is 2. The molecule has 172 valence electrons. The quantitative estimate of drug-likeness (QED) is 0.322. The Labute approximate surface area is 203 Å². The first-order chi connectivity index (χ1) is 15.9. The Morgan fingerprint density at radius 2 is 1.97 bits per heavy atom. The summed E-state index contributed by atoms with van der Waals surface area (Å²) in [6, 6.07) is 11.1. The number of para-hydroxylation sites is 1. The van der Waals surface area contributed by atoms with Gasteiger partial charge in [-0.3, -0.25) is 9.59 Å². The van der Waals surface area contributed by atoms with Gasteiger partial charge in [0.15, 0.2) is 16.1 Å². The van der Waals surface area contributed by atoms with Crippen LogP contribution < -0.4 is 10.6 Å². The van der Waals surface area contributed by atoms with Gasteiger partial charge in [0.25, 0.3) is 5.91 Å². The second-order valence-electron chi connectivity index (χ2n) is 7.86. The van der Waals surface area contributed by atoms with Crippen LogP contribution in [0.15, 0.2) is 46.9 Å². The normalized spacial score (nSPS) is 12.2. The summed E-state index contributed by atoms with van der Waals surface area (Å²) < 4.78 is 2.87. The van der Waals surface area contributed by atoms with Gasteiger partial charge in [0.05, 0.1) is 26.9 Å². The van der Waals surface area contributed by atoms with E-state index in [1.807, 2.05) is 47.3 Å². The number of thioether (sulfide) groups is 1. The van der Waals surface area contributed by atoms with E-state index < -0.39 is 0 Å². The zero-order chi connectivity index (χ0) is 23.4. The van der Waals surface area contributed by atoms with Gasteiger partial charge in [0.2, 0.25) is 5.91 Å². The minimum atomic E-state index is -0.275. The fourth-order valence-corrected chi connectivity index (χ4v) is 5.53. The number of nitrogens with one attached hydrogen (secondary N) is 2. The molecule has 11 heteroatoms. The summed E-state index contributed by atoms with van der Waals surface area (Å²) >= 11 is 4.14. The first kappa shape index (κ1) is 23.4. The van der Waals surface area contributed by atoms with Crippen LogP contribution in [0.2, 0.25) is 0 Å². The molecule has 1 aromatic carbocycles. The average molecular weight is 501 g/mol. The molecule has 0 unspecified atom stereocenters. The first-order valence-electron chi connectivity index (χ1n) is 10.4. The number of fused-ring (bicyclic) bond motifs is 1. The highest BCUT2D eigenvalue weighted by Gasteiger charge is 2.24. The Morgan fingerprint density at radius 3 is 2.70 bits per heavy atom. The number of anilines is 1. The zero-order valence-corrected chi connectivity index (χ0v) is 20.9. The van der Waals surface area contributed by atoms with E-state index in [2.05, 4.69) is 39.7 Å². The second-order valence-corrected chi connectivity index (χ2v) is 10.8. The zero-order valence-electron chi connectivity index (χ0n) is 18.4. The summed E-state index contributed by atoms with van der Waals surface area (Å²) in [6.45, 7) is 4.20. The molecule has 3 aromatic heterocycles. The molecule has 4 aromatic rings. The number of rotatable bonds is 9. The van der Waals surface area contributed by atoms with Crippen LogP contribution in [0.25, 0.3) is 10.2 Å². The molecule has 0 bridgehead atoms. The van der Waals surface area contributed by atoms with Crippen LogP contribution in [0.1, 0.15) is 41.8 Å². The molecule has 0 spiro atoms. The monoisotopic (exact) mass is 500 g/mol. The Bertz CT molecular complexity index is 1220. The molecule has 33 heavy (non-hydrogen) atoms. The van der Waals surface area contributed by atoms with Gasteiger partial charge in [-0.15, -0.1) is 21.5 Å². The Morgan fingerprint density at radius 1 is 1.15 bits per heavy atom. The third-order valence-corrected chi connectivity index (χ3v) is 7.65. The Balaban J connectivity index is 1.40. The van der Waals surface area contributed by atoms with E-state index in [-0.39, 0.29) is 23.6 Å². The number of thiophene rings is 1. The van der Waals surface area contributed by atoms with Crippen LogP contribution >= 0.6 is 34.4 Å². The van der Waals surface area contributed by atoms with Crippen LogP contribution in [0, 0.1) is 5.92 Å². The highest BCUT2D eigenvalue weighted by molar-refractivity contribution is 7.99. The van der Waals surface area contributed by atoms with Gasteiger partial charge in [-0.05, 0) is 35.9 Å². The lowest BCUT2D eigenvalue weighted by molar-refractivity contribution is -0.113. The summed E-state index contributed by atoms with van der Waals surface area (Å²) in [6.07, 6.45) is 0.728. The fourth-order valence-electron chi connectivity index (χ4n) is 3.30. The van der Waals surface area contributed by atoms with Crippen molar-refractivity contribution < 1.29 is 9.59 Å². The number of carbonyl (C=O) groups excluding carboxylic acids is 2. The largest absolute Gasteiger partial charge is 0.341 e. The minimum Gasteiger partial charge on any atom is -0.341 e. The third-order valence-electron chi connectivity index (χ3n) is 4.81. The smallest absolute Gasteiger partial charge is 0.261 e. The van der Waals surface area contributed by atoms with Crippen molar-refractivity contribution in [3.8, 4) is 0 Å². The Kier molecular flexibility index (Phi) is 7.41. The maximum atomic E-state index is 12.6. The van der Waals surface area contributed by atoms with Gasteiger partial charge in [-0.25, -0.2) is 4.98 Å². The number of amides is 2. The molecule has 0 radical (unpaired) electrons. The molecule has 0 saturated carbocycles. The predicted octanol–water partition coefficient (Wildman–Crippen LogP) is 4.73. The molecule has 0 aliphatic carbocycles.